The molecule has 0 unspecified atom stereocenters. The van der Waals surface area contributed by atoms with Crippen molar-refractivity contribution in [3.63, 3.8) is 0 Å². The van der Waals surface area contributed by atoms with Gasteiger partial charge in [-0.2, -0.15) is 0 Å². The number of benzene rings is 2. The van der Waals surface area contributed by atoms with Gasteiger partial charge in [0.2, 0.25) is 0 Å². The van der Waals surface area contributed by atoms with E-state index in [0.717, 1.165) is 30.3 Å². The molecule has 0 aromatic heterocycles. The van der Waals surface area contributed by atoms with Crippen LogP contribution in [0.4, 0.5) is 38.1 Å². The van der Waals surface area contributed by atoms with E-state index in [0.29, 0.717) is 6.07 Å². The topological polar surface area (TPSA) is 99.7 Å². The summed E-state index contributed by atoms with van der Waals surface area (Å²) in [6.45, 7) is -0.538. The second kappa shape index (κ2) is 9.19. The van der Waals surface area contributed by atoms with Gasteiger partial charge in [-0.15, -0.1) is 13.2 Å². The van der Waals surface area contributed by atoms with Crippen molar-refractivity contribution in [3.05, 3.63) is 53.6 Å². The molecule has 2 rings (SSSR count). The van der Waals surface area contributed by atoms with E-state index in [2.05, 4.69) is 20.7 Å². The lowest BCUT2D eigenvalue weighted by Crippen LogP contribution is -2.28. The predicted octanol–water partition coefficient (Wildman–Crippen LogP) is 3.23. The van der Waals surface area contributed by atoms with E-state index in [1.807, 2.05) is 0 Å². The maximum Gasteiger partial charge on any atom is 0.573 e. The number of aliphatic hydroxyl groups excluding tert-OH is 1. The number of hydrogen-bond acceptors (Lipinski definition) is 4. The molecule has 2 aromatic rings. The van der Waals surface area contributed by atoms with Crippen LogP contribution < -0.4 is 20.7 Å². The molecule has 4 N–H and O–H groups in total. The number of amides is 3. The van der Waals surface area contributed by atoms with Gasteiger partial charge >= 0.3 is 12.4 Å². The quantitative estimate of drug-likeness (QED) is 0.541. The summed E-state index contributed by atoms with van der Waals surface area (Å²) in [5.41, 5.74) is -0.890. The Kier molecular flexibility index (Phi) is 6.93. The van der Waals surface area contributed by atoms with Crippen LogP contribution in [-0.2, 0) is 0 Å². The molecule has 29 heavy (non-hydrogen) atoms. The molecular weight excluding hydrogens is 405 g/mol. The highest BCUT2D eigenvalue weighted by Crippen LogP contribution is 2.28. The van der Waals surface area contributed by atoms with Crippen LogP contribution in [0.15, 0.2) is 36.4 Å². The molecule has 0 fully saturated rings. The Hall–Kier alpha value is -3.41. The zero-order chi connectivity index (χ0) is 21.6. The van der Waals surface area contributed by atoms with Crippen molar-refractivity contribution < 1.29 is 41.4 Å². The van der Waals surface area contributed by atoms with Gasteiger partial charge in [0.25, 0.3) is 5.91 Å². The summed E-state index contributed by atoms with van der Waals surface area (Å²) in [6, 6.07) is 3.66. The fourth-order valence-electron chi connectivity index (χ4n) is 2.20. The molecule has 0 saturated carbocycles. The first-order chi connectivity index (χ1) is 13.6. The summed E-state index contributed by atoms with van der Waals surface area (Å²) >= 11 is 0. The van der Waals surface area contributed by atoms with Crippen molar-refractivity contribution >= 4 is 23.3 Å². The van der Waals surface area contributed by atoms with Crippen molar-refractivity contribution in [1.29, 1.82) is 0 Å². The van der Waals surface area contributed by atoms with E-state index >= 15 is 0 Å². The second-order valence-electron chi connectivity index (χ2n) is 5.47. The molecule has 7 nitrogen and oxygen atoms in total. The minimum Gasteiger partial charge on any atom is -0.406 e. The van der Waals surface area contributed by atoms with Gasteiger partial charge in [-0.1, -0.05) is 0 Å². The molecule has 0 atom stereocenters. The van der Waals surface area contributed by atoms with Crippen molar-refractivity contribution in [2.24, 2.45) is 0 Å². The molecule has 0 spiro atoms. The van der Waals surface area contributed by atoms with Gasteiger partial charge in [-0.3, -0.25) is 4.79 Å². The first-order valence-electron chi connectivity index (χ1n) is 7.90. The lowest BCUT2D eigenvalue weighted by atomic mass is 10.1. The second-order valence-corrected chi connectivity index (χ2v) is 5.47. The zero-order valence-electron chi connectivity index (χ0n) is 14.4. The summed E-state index contributed by atoms with van der Waals surface area (Å²) in [7, 11) is 0. The summed E-state index contributed by atoms with van der Waals surface area (Å²) < 4.78 is 67.4. The Balaban J connectivity index is 2.27. The molecule has 0 aliphatic rings. The lowest BCUT2D eigenvalue weighted by Gasteiger charge is -2.15. The van der Waals surface area contributed by atoms with Crippen LogP contribution in [0.25, 0.3) is 0 Å². The highest BCUT2D eigenvalue weighted by atomic mass is 19.4. The largest absolute Gasteiger partial charge is 0.573 e. The van der Waals surface area contributed by atoms with Crippen molar-refractivity contribution in [2.45, 2.75) is 6.36 Å². The number of nitrogens with one attached hydrogen (secondary N) is 3. The maximum atomic E-state index is 13.2. The number of carbonyl (C=O) groups excluding carboxylic acids is 2. The number of ether oxygens (including phenoxy) is 1. The Morgan fingerprint density at radius 3 is 2.24 bits per heavy atom. The number of halogens is 5. The third-order valence-electron chi connectivity index (χ3n) is 3.24. The van der Waals surface area contributed by atoms with Crippen LogP contribution >= 0.6 is 0 Å². The van der Waals surface area contributed by atoms with Crippen molar-refractivity contribution in [2.75, 3.05) is 23.8 Å². The molecule has 2 aromatic carbocycles. The van der Waals surface area contributed by atoms with E-state index in [1.165, 1.54) is 0 Å². The highest BCUT2D eigenvalue weighted by molar-refractivity contribution is 6.06. The van der Waals surface area contributed by atoms with Gasteiger partial charge in [0, 0.05) is 24.4 Å². The number of hydrogen-bond donors (Lipinski definition) is 4. The number of alkyl halides is 3. The molecule has 0 aliphatic heterocycles. The Bertz CT molecular complexity index is 885. The molecule has 156 valence electrons. The average Bonchev–Trinajstić information content (AvgIpc) is 2.57. The van der Waals surface area contributed by atoms with Crippen molar-refractivity contribution in [1.82, 2.24) is 5.32 Å². The molecule has 0 radical (unpaired) electrons. The van der Waals surface area contributed by atoms with Crippen LogP contribution in [0.3, 0.4) is 0 Å². The van der Waals surface area contributed by atoms with Gasteiger partial charge in [-0.25, -0.2) is 13.6 Å². The normalized spacial score (nSPS) is 11.0. The summed E-state index contributed by atoms with van der Waals surface area (Å²) in [5.74, 6) is -3.46. The Morgan fingerprint density at radius 2 is 1.66 bits per heavy atom. The summed E-state index contributed by atoms with van der Waals surface area (Å²) in [6.07, 6.45) is -5.01. The Morgan fingerprint density at radius 1 is 1.00 bits per heavy atom. The van der Waals surface area contributed by atoms with Crippen LogP contribution in [0, 0.1) is 11.6 Å². The molecule has 0 bridgehead atoms. The van der Waals surface area contributed by atoms with E-state index in [-0.39, 0.29) is 23.5 Å². The Labute approximate surface area is 160 Å². The third-order valence-corrected chi connectivity index (χ3v) is 3.24. The number of anilines is 2. The number of rotatable bonds is 6. The summed E-state index contributed by atoms with van der Waals surface area (Å²) in [4.78, 5) is 24.2. The van der Waals surface area contributed by atoms with E-state index in [1.54, 1.807) is 0 Å². The van der Waals surface area contributed by atoms with Crippen LogP contribution in [0.5, 0.6) is 5.75 Å². The molecular formula is C17H14F5N3O4. The van der Waals surface area contributed by atoms with E-state index in [9.17, 15) is 31.5 Å². The van der Waals surface area contributed by atoms with E-state index < -0.39 is 42.3 Å². The van der Waals surface area contributed by atoms with Gasteiger partial charge < -0.3 is 25.8 Å². The first-order valence-corrected chi connectivity index (χ1v) is 7.90. The smallest absolute Gasteiger partial charge is 0.406 e. The average molecular weight is 419 g/mol. The maximum absolute atomic E-state index is 13.2. The molecule has 12 heteroatoms. The lowest BCUT2D eigenvalue weighted by molar-refractivity contribution is -0.274. The molecule has 0 heterocycles. The monoisotopic (exact) mass is 419 g/mol. The number of aliphatic hydroxyl groups is 1. The predicted molar refractivity (Wildman–Crippen MR) is 91.5 cm³/mol. The molecule has 3 amide bonds. The SMILES string of the molecule is O=C(Nc1cc(F)cc(F)c1)Nc1cc(OC(F)(F)F)ccc1C(=O)NCCO. The van der Waals surface area contributed by atoms with E-state index in [4.69, 9.17) is 5.11 Å². The third kappa shape index (κ3) is 6.92. The van der Waals surface area contributed by atoms with Gasteiger partial charge in [0.1, 0.15) is 17.4 Å². The minimum absolute atomic E-state index is 0.145. The zero-order valence-corrected chi connectivity index (χ0v) is 14.4. The van der Waals surface area contributed by atoms with Crippen LogP contribution in [0.2, 0.25) is 0 Å². The first kappa shape index (κ1) is 21.9. The van der Waals surface area contributed by atoms with Crippen LogP contribution in [-0.4, -0.2) is 36.6 Å². The summed E-state index contributed by atoms with van der Waals surface area (Å²) in [5, 5.41) is 15.2. The number of carbonyl (C=O) groups is 2. The highest BCUT2D eigenvalue weighted by Gasteiger charge is 2.31. The minimum atomic E-state index is -5.01. The van der Waals surface area contributed by atoms with Gasteiger partial charge in [0.05, 0.1) is 17.9 Å². The van der Waals surface area contributed by atoms with Gasteiger partial charge in [0.15, 0.2) is 0 Å². The standard InChI is InChI=1S/C17H14F5N3O4/c18-9-5-10(19)7-11(6-9)24-16(28)25-14-8-12(29-17(20,21)22)1-2-13(14)15(27)23-3-4-26/h1-2,5-8,26H,3-4H2,(H,23,27)(H2,24,25,28). The van der Waals surface area contributed by atoms with Gasteiger partial charge in [-0.05, 0) is 24.3 Å². The number of urea groups is 1. The fourth-order valence-corrected chi connectivity index (χ4v) is 2.20. The molecule has 0 aliphatic carbocycles. The van der Waals surface area contributed by atoms with Crippen molar-refractivity contribution in [3.8, 4) is 5.75 Å². The van der Waals surface area contributed by atoms with Crippen LogP contribution in [0.1, 0.15) is 10.4 Å². The fraction of sp³-hybridized carbons (Fsp3) is 0.176. The molecule has 0 saturated heterocycles.